The number of rotatable bonds is 4. The molecule has 1 heterocycles. The molecular weight excluding hydrogens is 286 g/mol. The Morgan fingerprint density at radius 2 is 1.78 bits per heavy atom. The van der Waals surface area contributed by atoms with E-state index in [9.17, 15) is 9.90 Å². The van der Waals surface area contributed by atoms with Crippen molar-refractivity contribution in [1.82, 2.24) is 4.90 Å². The van der Waals surface area contributed by atoms with Crippen molar-refractivity contribution in [1.29, 1.82) is 0 Å². The van der Waals surface area contributed by atoms with E-state index >= 15 is 0 Å². The molecule has 0 atom stereocenters. The molecule has 0 radical (unpaired) electrons. The number of carboxylic acid groups (broad SMARTS) is 1. The number of carboxylic acids is 1. The molecule has 0 amide bonds. The molecule has 2 aromatic rings. The SMILES string of the molecule is CC1=C(C)N(Cc2ccc(-c3ccccc3C(=O)O)cc2)CC1. The van der Waals surface area contributed by atoms with E-state index < -0.39 is 5.97 Å². The maximum Gasteiger partial charge on any atom is 0.336 e. The normalized spacial score (nSPS) is 14.4. The van der Waals surface area contributed by atoms with Crippen LogP contribution in [0.2, 0.25) is 0 Å². The Balaban J connectivity index is 1.82. The summed E-state index contributed by atoms with van der Waals surface area (Å²) in [7, 11) is 0. The van der Waals surface area contributed by atoms with Crippen molar-refractivity contribution >= 4 is 5.97 Å². The summed E-state index contributed by atoms with van der Waals surface area (Å²) < 4.78 is 0. The van der Waals surface area contributed by atoms with E-state index in [0.29, 0.717) is 5.56 Å². The smallest absolute Gasteiger partial charge is 0.336 e. The van der Waals surface area contributed by atoms with Gasteiger partial charge in [0.1, 0.15) is 0 Å². The average Bonchev–Trinajstić information content (AvgIpc) is 2.87. The van der Waals surface area contributed by atoms with E-state index in [1.165, 1.54) is 16.8 Å². The number of nitrogens with zero attached hydrogens (tertiary/aromatic N) is 1. The molecule has 2 aromatic carbocycles. The summed E-state index contributed by atoms with van der Waals surface area (Å²) in [6, 6.07) is 15.3. The Bertz CT molecular complexity index is 759. The summed E-state index contributed by atoms with van der Waals surface area (Å²) >= 11 is 0. The zero-order chi connectivity index (χ0) is 16.4. The van der Waals surface area contributed by atoms with Crippen molar-refractivity contribution in [2.45, 2.75) is 26.8 Å². The Kier molecular flexibility index (Phi) is 4.20. The zero-order valence-corrected chi connectivity index (χ0v) is 13.5. The van der Waals surface area contributed by atoms with E-state index in [-0.39, 0.29) is 0 Å². The summed E-state index contributed by atoms with van der Waals surface area (Å²) in [5, 5.41) is 9.31. The van der Waals surface area contributed by atoms with Gasteiger partial charge in [-0.1, -0.05) is 48.0 Å². The fourth-order valence-corrected chi connectivity index (χ4v) is 3.05. The van der Waals surface area contributed by atoms with Crippen LogP contribution in [0, 0.1) is 0 Å². The molecule has 0 aliphatic carbocycles. The molecule has 1 N–H and O–H groups in total. The third-order valence-electron chi connectivity index (χ3n) is 4.64. The van der Waals surface area contributed by atoms with E-state index in [1.54, 1.807) is 12.1 Å². The van der Waals surface area contributed by atoms with Gasteiger partial charge in [-0.15, -0.1) is 0 Å². The second kappa shape index (κ2) is 6.29. The lowest BCUT2D eigenvalue weighted by atomic mass is 9.98. The molecule has 1 aliphatic heterocycles. The van der Waals surface area contributed by atoms with Crippen LogP contribution < -0.4 is 0 Å². The zero-order valence-electron chi connectivity index (χ0n) is 13.5. The van der Waals surface area contributed by atoms with Crippen molar-refractivity contribution in [3.05, 3.63) is 70.9 Å². The molecule has 118 valence electrons. The fraction of sp³-hybridized carbons (Fsp3) is 0.250. The third kappa shape index (κ3) is 3.14. The number of aromatic carboxylic acids is 1. The van der Waals surface area contributed by atoms with Gasteiger partial charge >= 0.3 is 5.97 Å². The molecule has 3 heteroatoms. The van der Waals surface area contributed by atoms with E-state index in [1.807, 2.05) is 24.3 Å². The first kappa shape index (κ1) is 15.3. The lowest BCUT2D eigenvalue weighted by Crippen LogP contribution is -2.17. The van der Waals surface area contributed by atoms with E-state index in [0.717, 1.165) is 30.6 Å². The maximum atomic E-state index is 11.3. The average molecular weight is 307 g/mol. The van der Waals surface area contributed by atoms with Crippen LogP contribution >= 0.6 is 0 Å². The van der Waals surface area contributed by atoms with Crippen molar-refractivity contribution in [2.24, 2.45) is 0 Å². The summed E-state index contributed by atoms with van der Waals surface area (Å²) in [6.07, 6.45) is 1.15. The van der Waals surface area contributed by atoms with Crippen LogP contribution in [0.1, 0.15) is 36.2 Å². The summed E-state index contributed by atoms with van der Waals surface area (Å²) in [4.78, 5) is 13.7. The predicted octanol–water partition coefficient (Wildman–Crippen LogP) is 4.55. The van der Waals surface area contributed by atoms with Gasteiger partial charge in [-0.3, -0.25) is 0 Å². The van der Waals surface area contributed by atoms with Crippen molar-refractivity contribution < 1.29 is 9.90 Å². The Hall–Kier alpha value is -2.55. The van der Waals surface area contributed by atoms with Gasteiger partial charge in [0, 0.05) is 18.8 Å². The number of carbonyl (C=O) groups is 1. The first-order valence-electron chi connectivity index (χ1n) is 7.89. The van der Waals surface area contributed by atoms with E-state index in [4.69, 9.17) is 0 Å². The van der Waals surface area contributed by atoms with Crippen molar-refractivity contribution in [3.8, 4) is 11.1 Å². The molecule has 0 aromatic heterocycles. The van der Waals surface area contributed by atoms with Crippen LogP contribution in [0.5, 0.6) is 0 Å². The highest BCUT2D eigenvalue weighted by Gasteiger charge is 2.16. The molecule has 0 saturated carbocycles. The number of hydrogen-bond acceptors (Lipinski definition) is 2. The molecule has 3 nitrogen and oxygen atoms in total. The van der Waals surface area contributed by atoms with Crippen LogP contribution in [0.25, 0.3) is 11.1 Å². The molecule has 0 saturated heterocycles. The maximum absolute atomic E-state index is 11.3. The molecule has 1 aliphatic rings. The van der Waals surface area contributed by atoms with Gasteiger partial charge in [-0.05, 0) is 43.0 Å². The highest BCUT2D eigenvalue weighted by atomic mass is 16.4. The van der Waals surface area contributed by atoms with Gasteiger partial charge < -0.3 is 10.0 Å². The highest BCUT2D eigenvalue weighted by molar-refractivity contribution is 5.95. The third-order valence-corrected chi connectivity index (χ3v) is 4.64. The van der Waals surface area contributed by atoms with Crippen molar-refractivity contribution in [3.63, 3.8) is 0 Å². The molecule has 0 bridgehead atoms. The van der Waals surface area contributed by atoms with Crippen LogP contribution in [0.15, 0.2) is 59.8 Å². The number of benzene rings is 2. The standard InChI is InChI=1S/C20H21NO2/c1-14-11-12-21(15(14)2)13-16-7-9-17(10-8-16)18-5-3-4-6-19(18)20(22)23/h3-10H,11-13H2,1-2H3,(H,22,23). The minimum atomic E-state index is -0.891. The fourth-order valence-electron chi connectivity index (χ4n) is 3.05. The number of allylic oxidation sites excluding steroid dienone is 1. The minimum Gasteiger partial charge on any atom is -0.478 e. The molecule has 0 unspecified atom stereocenters. The van der Waals surface area contributed by atoms with Crippen LogP contribution in [-0.2, 0) is 6.54 Å². The van der Waals surface area contributed by atoms with Crippen molar-refractivity contribution in [2.75, 3.05) is 6.54 Å². The molecule has 23 heavy (non-hydrogen) atoms. The minimum absolute atomic E-state index is 0.342. The Morgan fingerprint density at radius 1 is 1.09 bits per heavy atom. The summed E-state index contributed by atoms with van der Waals surface area (Å²) in [6.45, 7) is 6.37. The molecule has 3 rings (SSSR count). The first-order valence-corrected chi connectivity index (χ1v) is 7.89. The topological polar surface area (TPSA) is 40.5 Å². The van der Waals surface area contributed by atoms with Gasteiger partial charge in [0.2, 0.25) is 0 Å². The lowest BCUT2D eigenvalue weighted by molar-refractivity contribution is 0.0697. The second-order valence-electron chi connectivity index (χ2n) is 6.08. The van der Waals surface area contributed by atoms with Gasteiger partial charge in [-0.2, -0.15) is 0 Å². The predicted molar refractivity (Wildman–Crippen MR) is 92.2 cm³/mol. The Morgan fingerprint density at radius 3 is 2.39 bits per heavy atom. The largest absolute Gasteiger partial charge is 0.478 e. The Labute approximate surface area is 136 Å². The molecule has 0 fully saturated rings. The van der Waals surface area contributed by atoms with Gasteiger partial charge in [-0.25, -0.2) is 4.79 Å². The van der Waals surface area contributed by atoms with Crippen LogP contribution in [-0.4, -0.2) is 22.5 Å². The quantitative estimate of drug-likeness (QED) is 0.900. The summed E-state index contributed by atoms with van der Waals surface area (Å²) in [5.41, 5.74) is 6.14. The van der Waals surface area contributed by atoms with Crippen LogP contribution in [0.4, 0.5) is 0 Å². The second-order valence-corrected chi connectivity index (χ2v) is 6.08. The lowest BCUT2D eigenvalue weighted by Gasteiger charge is -2.20. The van der Waals surface area contributed by atoms with E-state index in [2.05, 4.69) is 30.9 Å². The van der Waals surface area contributed by atoms with Gasteiger partial charge in [0.25, 0.3) is 0 Å². The molecular formula is C20H21NO2. The molecule has 0 spiro atoms. The summed E-state index contributed by atoms with van der Waals surface area (Å²) in [5.74, 6) is -0.891. The number of hydrogen-bond donors (Lipinski definition) is 1. The highest BCUT2D eigenvalue weighted by Crippen LogP contribution is 2.27. The van der Waals surface area contributed by atoms with Gasteiger partial charge in [0.05, 0.1) is 5.56 Å². The van der Waals surface area contributed by atoms with Crippen LogP contribution in [0.3, 0.4) is 0 Å². The monoisotopic (exact) mass is 307 g/mol. The van der Waals surface area contributed by atoms with Gasteiger partial charge in [0.15, 0.2) is 0 Å². The first-order chi connectivity index (χ1) is 11.1.